The first-order valence-electron chi connectivity index (χ1n) is 7.53. The van der Waals surface area contributed by atoms with Crippen molar-refractivity contribution < 1.29 is 31.5 Å². The number of anilines is 1. The van der Waals surface area contributed by atoms with Gasteiger partial charge in [-0.1, -0.05) is 19.9 Å². The van der Waals surface area contributed by atoms with E-state index in [1.165, 1.54) is 18.2 Å². The molecule has 0 aliphatic heterocycles. The molecule has 0 saturated heterocycles. The molecule has 2 rings (SSSR count). The third kappa shape index (κ3) is 4.22. The van der Waals surface area contributed by atoms with E-state index in [0.29, 0.717) is 12.4 Å². The minimum absolute atomic E-state index is 0.0580. The maximum absolute atomic E-state index is 13.5. The van der Waals surface area contributed by atoms with E-state index in [1.54, 1.807) is 11.5 Å². The van der Waals surface area contributed by atoms with Crippen LogP contribution in [0.1, 0.15) is 24.2 Å². The fourth-order valence-electron chi connectivity index (χ4n) is 1.90. The van der Waals surface area contributed by atoms with Gasteiger partial charge < -0.3 is 4.74 Å². The average Bonchev–Trinajstić information content (AvgIpc) is 2.63. The summed E-state index contributed by atoms with van der Waals surface area (Å²) < 4.78 is 71.7. The molecule has 0 heterocycles. The molecule has 26 heavy (non-hydrogen) atoms. The molecule has 140 valence electrons. The van der Waals surface area contributed by atoms with Gasteiger partial charge in [-0.25, -0.2) is 22.0 Å². The van der Waals surface area contributed by atoms with E-state index in [4.69, 9.17) is 4.74 Å². The Morgan fingerprint density at radius 2 is 1.58 bits per heavy atom. The molecule has 4 nitrogen and oxygen atoms in total. The lowest BCUT2D eigenvalue weighted by atomic mass is 10.2. The molecule has 2 aromatic rings. The molecule has 0 aliphatic rings. The highest BCUT2D eigenvalue weighted by Crippen LogP contribution is 2.26. The van der Waals surface area contributed by atoms with E-state index in [0.717, 1.165) is 0 Å². The van der Waals surface area contributed by atoms with Gasteiger partial charge >= 0.3 is 0 Å². The highest BCUT2D eigenvalue weighted by Gasteiger charge is 2.26. The van der Waals surface area contributed by atoms with E-state index in [-0.39, 0.29) is 11.5 Å². The summed E-state index contributed by atoms with van der Waals surface area (Å²) in [5.41, 5.74) is 2.30. The van der Waals surface area contributed by atoms with Crippen molar-refractivity contribution in [2.75, 3.05) is 12.0 Å². The Morgan fingerprint density at radius 1 is 1.00 bits per heavy atom. The van der Waals surface area contributed by atoms with Crippen molar-refractivity contribution in [1.82, 2.24) is 5.43 Å². The highest BCUT2D eigenvalue weighted by atomic mass is 19.2. The molecule has 0 saturated carbocycles. The Bertz CT molecular complexity index is 798. The predicted octanol–water partition coefficient (Wildman–Crippen LogP) is 4.17. The summed E-state index contributed by atoms with van der Waals surface area (Å²) in [4.78, 5) is 12.0. The molecule has 1 amide bonds. The molecule has 9 heteroatoms. The number of hydrogen-bond acceptors (Lipinski definition) is 3. The van der Waals surface area contributed by atoms with E-state index in [1.807, 2.05) is 19.3 Å². The number of halogens is 5. The van der Waals surface area contributed by atoms with Crippen molar-refractivity contribution >= 4 is 11.6 Å². The lowest BCUT2D eigenvalue weighted by Gasteiger charge is -2.13. The summed E-state index contributed by atoms with van der Waals surface area (Å²) in [7, 11) is 0. The number of hydrogen-bond donors (Lipinski definition) is 2. The normalized spacial score (nSPS) is 10.8. The van der Waals surface area contributed by atoms with Crippen LogP contribution in [0.5, 0.6) is 5.75 Å². The highest BCUT2D eigenvalue weighted by molar-refractivity contribution is 5.95. The summed E-state index contributed by atoms with van der Waals surface area (Å²) in [5.74, 6) is -10.9. The maximum atomic E-state index is 13.5. The third-order valence-corrected chi connectivity index (χ3v) is 3.19. The number of ether oxygens (including phenoxy) is 1. The summed E-state index contributed by atoms with van der Waals surface area (Å²) in [5, 5.41) is 0. The lowest BCUT2D eigenvalue weighted by Crippen LogP contribution is -2.31. The molecule has 0 unspecified atom stereocenters. The van der Waals surface area contributed by atoms with Gasteiger partial charge in [0.2, 0.25) is 5.82 Å². The monoisotopic (exact) mass is 374 g/mol. The summed E-state index contributed by atoms with van der Waals surface area (Å²) in [6, 6.07) is 5.88. The van der Waals surface area contributed by atoms with Crippen molar-refractivity contribution in [3.63, 3.8) is 0 Å². The zero-order chi connectivity index (χ0) is 19.4. The van der Waals surface area contributed by atoms with Gasteiger partial charge in [0.15, 0.2) is 23.3 Å². The van der Waals surface area contributed by atoms with Crippen molar-refractivity contribution in [3.8, 4) is 5.75 Å². The molecule has 2 aromatic carbocycles. The SMILES string of the molecule is CC(C)COc1cccc(C(=O)NNc2c(F)c(F)c(F)c(F)c2F)c1. The van der Waals surface area contributed by atoms with E-state index < -0.39 is 40.7 Å². The number of carbonyl (C=O) groups is 1. The molecular weight excluding hydrogens is 359 g/mol. The Kier molecular flexibility index (Phi) is 6.01. The Hall–Kier alpha value is -2.84. The van der Waals surface area contributed by atoms with Gasteiger partial charge in [-0.05, 0) is 24.1 Å². The first kappa shape index (κ1) is 19.5. The number of benzene rings is 2. The zero-order valence-corrected chi connectivity index (χ0v) is 13.8. The number of hydrazine groups is 1. The number of carbonyl (C=O) groups excluding carboxylic acids is 1. The molecule has 0 aliphatic carbocycles. The Morgan fingerprint density at radius 3 is 2.15 bits per heavy atom. The van der Waals surface area contributed by atoms with Gasteiger partial charge in [0.25, 0.3) is 5.91 Å². The standard InChI is InChI=1S/C17H15F5N2O2/c1-8(2)7-26-10-5-3-4-9(6-10)17(25)24-23-16-14(21)12(19)11(18)13(20)15(16)22/h3-6,8,23H,7H2,1-2H3,(H,24,25). The molecule has 0 aromatic heterocycles. The minimum Gasteiger partial charge on any atom is -0.493 e. The lowest BCUT2D eigenvalue weighted by molar-refractivity contribution is 0.0962. The van der Waals surface area contributed by atoms with Crippen molar-refractivity contribution in [2.24, 2.45) is 5.92 Å². The second-order valence-electron chi connectivity index (χ2n) is 5.76. The van der Waals surface area contributed by atoms with E-state index in [9.17, 15) is 26.7 Å². The smallest absolute Gasteiger partial charge is 0.269 e. The molecular formula is C17H15F5N2O2. The first-order valence-corrected chi connectivity index (χ1v) is 7.53. The van der Waals surface area contributed by atoms with Crippen LogP contribution in [0.2, 0.25) is 0 Å². The van der Waals surface area contributed by atoms with E-state index >= 15 is 0 Å². The maximum Gasteiger partial charge on any atom is 0.269 e. The zero-order valence-electron chi connectivity index (χ0n) is 13.8. The van der Waals surface area contributed by atoms with Gasteiger partial charge in [-0.15, -0.1) is 0 Å². The number of nitrogens with one attached hydrogen (secondary N) is 2. The van der Waals surface area contributed by atoms with Gasteiger partial charge in [-0.2, -0.15) is 0 Å². The second-order valence-corrected chi connectivity index (χ2v) is 5.76. The molecule has 2 N–H and O–H groups in total. The van der Waals surface area contributed by atoms with Crippen molar-refractivity contribution in [1.29, 1.82) is 0 Å². The predicted molar refractivity (Wildman–Crippen MR) is 84.1 cm³/mol. The minimum atomic E-state index is -2.29. The van der Waals surface area contributed by atoms with Crippen LogP contribution in [0.25, 0.3) is 0 Å². The molecule has 0 spiro atoms. The van der Waals surface area contributed by atoms with Crippen LogP contribution >= 0.6 is 0 Å². The quantitative estimate of drug-likeness (QED) is 0.345. The molecule has 0 atom stereocenters. The largest absolute Gasteiger partial charge is 0.493 e. The first-order chi connectivity index (χ1) is 12.2. The van der Waals surface area contributed by atoms with E-state index in [2.05, 4.69) is 0 Å². The average molecular weight is 374 g/mol. The number of rotatable bonds is 6. The third-order valence-electron chi connectivity index (χ3n) is 3.19. The van der Waals surface area contributed by atoms with Crippen LogP contribution in [0.15, 0.2) is 24.3 Å². The van der Waals surface area contributed by atoms with Crippen LogP contribution < -0.4 is 15.6 Å². The topological polar surface area (TPSA) is 50.4 Å². The van der Waals surface area contributed by atoms with Gasteiger partial charge in [-0.3, -0.25) is 15.6 Å². The van der Waals surface area contributed by atoms with Crippen LogP contribution in [0.3, 0.4) is 0 Å². The second kappa shape index (κ2) is 8.03. The Labute approximate surface area is 145 Å². The fourth-order valence-corrected chi connectivity index (χ4v) is 1.90. The van der Waals surface area contributed by atoms with Crippen LogP contribution in [-0.2, 0) is 0 Å². The van der Waals surface area contributed by atoms with Gasteiger partial charge in [0, 0.05) is 5.56 Å². The summed E-state index contributed by atoms with van der Waals surface area (Å²) in [6.07, 6.45) is 0. The summed E-state index contributed by atoms with van der Waals surface area (Å²) in [6.45, 7) is 4.28. The molecule has 0 bridgehead atoms. The van der Waals surface area contributed by atoms with Crippen LogP contribution in [0, 0.1) is 35.0 Å². The molecule has 0 fully saturated rings. The molecule has 0 radical (unpaired) electrons. The van der Waals surface area contributed by atoms with Crippen LogP contribution in [0.4, 0.5) is 27.6 Å². The number of amides is 1. The van der Waals surface area contributed by atoms with Gasteiger partial charge in [0.05, 0.1) is 6.61 Å². The fraction of sp³-hybridized carbons (Fsp3) is 0.235. The van der Waals surface area contributed by atoms with Crippen LogP contribution in [-0.4, -0.2) is 12.5 Å². The van der Waals surface area contributed by atoms with Gasteiger partial charge in [0.1, 0.15) is 11.4 Å². The van der Waals surface area contributed by atoms with Crippen molar-refractivity contribution in [3.05, 3.63) is 58.9 Å². The van der Waals surface area contributed by atoms with Crippen molar-refractivity contribution in [2.45, 2.75) is 13.8 Å². The Balaban J connectivity index is 2.14. The summed E-state index contributed by atoms with van der Waals surface area (Å²) >= 11 is 0.